The summed E-state index contributed by atoms with van der Waals surface area (Å²) < 4.78 is 5.01. The first-order valence-electron chi connectivity index (χ1n) is 7.19. The van der Waals surface area contributed by atoms with E-state index in [1.807, 2.05) is 0 Å². The lowest BCUT2D eigenvalue weighted by atomic mass is 10.1. The molecule has 0 saturated carbocycles. The molecule has 128 valence electrons. The summed E-state index contributed by atoms with van der Waals surface area (Å²) in [4.78, 5) is 34.8. The van der Waals surface area contributed by atoms with E-state index >= 15 is 0 Å². The van der Waals surface area contributed by atoms with Gasteiger partial charge in [-0.05, 0) is 45.0 Å². The molecule has 0 unspecified atom stereocenters. The normalized spacial score (nSPS) is 11.8. The lowest BCUT2D eigenvalue weighted by Crippen LogP contribution is -2.49. The van der Waals surface area contributed by atoms with Gasteiger partial charge in [-0.25, -0.2) is 9.59 Å². The maximum atomic E-state index is 12.1. The molecule has 1 rings (SSSR count). The van der Waals surface area contributed by atoms with E-state index < -0.39 is 29.6 Å². The van der Waals surface area contributed by atoms with Crippen LogP contribution in [0.4, 0.5) is 4.79 Å². The standard InChI is InChI=1S/C17H20N2O5/c1-5-11-6-8-12(9-7-11)14(20)19-13(15(21)22)10-18-16(23)24-17(2,3)4/h1,6-9,13H,10H2,2-4H3,(H,18,23)(H,19,20)(H,21,22)/t13-/m0/s1. The van der Waals surface area contributed by atoms with Crippen LogP contribution in [0.25, 0.3) is 0 Å². The molecule has 0 saturated heterocycles. The fourth-order valence-electron chi connectivity index (χ4n) is 1.66. The van der Waals surface area contributed by atoms with E-state index in [0.29, 0.717) is 5.56 Å². The van der Waals surface area contributed by atoms with Gasteiger partial charge in [-0.3, -0.25) is 4.79 Å². The van der Waals surface area contributed by atoms with Crippen LogP contribution >= 0.6 is 0 Å². The van der Waals surface area contributed by atoms with Gasteiger partial charge >= 0.3 is 12.1 Å². The molecule has 24 heavy (non-hydrogen) atoms. The van der Waals surface area contributed by atoms with Crippen molar-refractivity contribution in [2.24, 2.45) is 0 Å². The first-order chi connectivity index (χ1) is 11.1. The second-order valence-corrected chi connectivity index (χ2v) is 5.97. The number of rotatable bonds is 5. The smallest absolute Gasteiger partial charge is 0.407 e. The van der Waals surface area contributed by atoms with Crippen molar-refractivity contribution in [2.45, 2.75) is 32.4 Å². The molecule has 0 radical (unpaired) electrons. The predicted octanol–water partition coefficient (Wildman–Crippen LogP) is 1.38. The molecule has 0 spiro atoms. The summed E-state index contributed by atoms with van der Waals surface area (Å²) in [6.45, 7) is 4.74. The molecule has 0 heterocycles. The van der Waals surface area contributed by atoms with Gasteiger partial charge in [0.2, 0.25) is 0 Å². The Morgan fingerprint density at radius 3 is 2.29 bits per heavy atom. The molecule has 0 bridgehead atoms. The maximum absolute atomic E-state index is 12.1. The Labute approximate surface area is 140 Å². The number of terminal acetylenes is 1. The van der Waals surface area contributed by atoms with E-state index in [-0.39, 0.29) is 12.1 Å². The number of aliphatic carboxylic acids is 1. The third kappa shape index (κ3) is 6.40. The van der Waals surface area contributed by atoms with Gasteiger partial charge in [-0.15, -0.1) is 6.42 Å². The Bertz CT molecular complexity index is 653. The highest BCUT2D eigenvalue weighted by Crippen LogP contribution is 2.06. The molecule has 0 fully saturated rings. The third-order valence-corrected chi connectivity index (χ3v) is 2.77. The van der Waals surface area contributed by atoms with Gasteiger partial charge < -0.3 is 20.5 Å². The quantitative estimate of drug-likeness (QED) is 0.707. The zero-order chi connectivity index (χ0) is 18.3. The van der Waals surface area contributed by atoms with Crippen LogP contribution in [0.3, 0.4) is 0 Å². The van der Waals surface area contributed by atoms with E-state index in [1.54, 1.807) is 32.9 Å². The fourth-order valence-corrected chi connectivity index (χ4v) is 1.66. The number of carbonyl (C=O) groups excluding carboxylic acids is 2. The van der Waals surface area contributed by atoms with Crippen LogP contribution in [0.5, 0.6) is 0 Å². The minimum absolute atomic E-state index is 0.262. The minimum atomic E-state index is -1.29. The molecule has 2 amide bonds. The van der Waals surface area contributed by atoms with Crippen molar-refractivity contribution in [1.29, 1.82) is 0 Å². The summed E-state index contributed by atoms with van der Waals surface area (Å²) in [5.74, 6) is 0.552. The molecule has 0 aliphatic rings. The van der Waals surface area contributed by atoms with Crippen LogP contribution in [0, 0.1) is 12.3 Å². The third-order valence-electron chi connectivity index (χ3n) is 2.77. The van der Waals surface area contributed by atoms with Crippen LogP contribution in [-0.4, -0.2) is 41.3 Å². The van der Waals surface area contributed by atoms with E-state index in [1.165, 1.54) is 12.1 Å². The average Bonchev–Trinajstić information content (AvgIpc) is 2.49. The Kier molecular flexibility index (Phi) is 6.36. The maximum Gasteiger partial charge on any atom is 0.407 e. The number of nitrogens with one attached hydrogen (secondary N) is 2. The van der Waals surface area contributed by atoms with Crippen LogP contribution in [0.2, 0.25) is 0 Å². The second-order valence-electron chi connectivity index (χ2n) is 5.97. The molecule has 0 aliphatic heterocycles. The minimum Gasteiger partial charge on any atom is -0.480 e. The lowest BCUT2D eigenvalue weighted by molar-refractivity contribution is -0.139. The van der Waals surface area contributed by atoms with Gasteiger partial charge in [0, 0.05) is 11.1 Å². The van der Waals surface area contributed by atoms with Gasteiger partial charge in [0.05, 0.1) is 6.54 Å². The highest BCUT2D eigenvalue weighted by atomic mass is 16.6. The SMILES string of the molecule is C#Cc1ccc(C(=O)N[C@@H](CNC(=O)OC(C)(C)C)C(=O)O)cc1. The fraction of sp³-hybridized carbons (Fsp3) is 0.353. The summed E-state index contributed by atoms with van der Waals surface area (Å²) in [7, 11) is 0. The van der Waals surface area contributed by atoms with E-state index in [0.717, 1.165) is 0 Å². The molecule has 3 N–H and O–H groups in total. The summed E-state index contributed by atoms with van der Waals surface area (Å²) in [5, 5.41) is 13.8. The van der Waals surface area contributed by atoms with Gasteiger partial charge in [0.15, 0.2) is 0 Å². The van der Waals surface area contributed by atoms with Crippen molar-refractivity contribution in [3.05, 3.63) is 35.4 Å². The first-order valence-corrected chi connectivity index (χ1v) is 7.19. The van der Waals surface area contributed by atoms with Crippen molar-refractivity contribution < 1.29 is 24.2 Å². The van der Waals surface area contributed by atoms with Gasteiger partial charge in [-0.2, -0.15) is 0 Å². The summed E-state index contributed by atoms with van der Waals surface area (Å²) in [5.41, 5.74) is 0.163. The molecule has 7 nitrogen and oxygen atoms in total. The molecule has 7 heteroatoms. The number of hydrogen-bond acceptors (Lipinski definition) is 4. The van der Waals surface area contributed by atoms with E-state index in [2.05, 4.69) is 16.6 Å². The molecule has 0 aromatic heterocycles. The molecular formula is C17H20N2O5. The Morgan fingerprint density at radius 1 is 1.25 bits per heavy atom. The highest BCUT2D eigenvalue weighted by Gasteiger charge is 2.23. The Balaban J connectivity index is 2.65. The Morgan fingerprint density at radius 2 is 1.83 bits per heavy atom. The number of carbonyl (C=O) groups is 3. The first kappa shape index (κ1) is 19.0. The van der Waals surface area contributed by atoms with Crippen LogP contribution in [-0.2, 0) is 9.53 Å². The molecule has 1 aromatic rings. The highest BCUT2D eigenvalue weighted by molar-refractivity contribution is 5.96. The number of carboxylic acid groups (broad SMARTS) is 1. The van der Waals surface area contributed by atoms with Crippen molar-refractivity contribution in [2.75, 3.05) is 6.54 Å². The zero-order valence-corrected chi connectivity index (χ0v) is 13.8. The number of carboxylic acids is 1. The number of amides is 2. The van der Waals surface area contributed by atoms with Gasteiger partial charge in [0.1, 0.15) is 11.6 Å². The van der Waals surface area contributed by atoms with Gasteiger partial charge in [-0.1, -0.05) is 5.92 Å². The lowest BCUT2D eigenvalue weighted by Gasteiger charge is -2.21. The zero-order valence-electron chi connectivity index (χ0n) is 13.8. The van der Waals surface area contributed by atoms with Crippen molar-refractivity contribution >= 4 is 18.0 Å². The summed E-state index contributed by atoms with van der Waals surface area (Å²) in [6, 6.07) is 4.83. The number of benzene rings is 1. The molecular weight excluding hydrogens is 312 g/mol. The van der Waals surface area contributed by atoms with E-state index in [4.69, 9.17) is 16.3 Å². The molecule has 1 atom stereocenters. The molecule has 0 aliphatic carbocycles. The predicted molar refractivity (Wildman–Crippen MR) is 87.5 cm³/mol. The van der Waals surface area contributed by atoms with Crippen molar-refractivity contribution in [3.8, 4) is 12.3 Å². The molecule has 1 aromatic carbocycles. The number of ether oxygens (including phenoxy) is 1. The Hall–Kier alpha value is -3.01. The monoisotopic (exact) mass is 332 g/mol. The number of alkyl carbamates (subject to hydrolysis) is 1. The summed E-state index contributed by atoms with van der Waals surface area (Å²) >= 11 is 0. The van der Waals surface area contributed by atoms with Crippen LogP contribution < -0.4 is 10.6 Å². The number of hydrogen-bond donors (Lipinski definition) is 3. The largest absolute Gasteiger partial charge is 0.480 e. The van der Waals surface area contributed by atoms with E-state index in [9.17, 15) is 14.4 Å². The van der Waals surface area contributed by atoms with Crippen molar-refractivity contribution in [3.63, 3.8) is 0 Å². The van der Waals surface area contributed by atoms with Crippen LogP contribution in [0.15, 0.2) is 24.3 Å². The second kappa shape index (κ2) is 8.02. The van der Waals surface area contributed by atoms with Crippen molar-refractivity contribution in [1.82, 2.24) is 10.6 Å². The average molecular weight is 332 g/mol. The van der Waals surface area contributed by atoms with Crippen LogP contribution in [0.1, 0.15) is 36.7 Å². The van der Waals surface area contributed by atoms with Gasteiger partial charge in [0.25, 0.3) is 5.91 Å². The summed E-state index contributed by atoms with van der Waals surface area (Å²) in [6.07, 6.45) is 4.47. The topological polar surface area (TPSA) is 105 Å².